The van der Waals surface area contributed by atoms with Gasteiger partial charge in [0.2, 0.25) is 5.95 Å². The lowest BCUT2D eigenvalue weighted by Gasteiger charge is -2.25. The van der Waals surface area contributed by atoms with E-state index in [-0.39, 0.29) is 0 Å². The SMILES string of the molecule is Cc1nc(F)c(-c2ccc(NC3CCCCCCCC(C)C3)cc2)[nH]1. The first-order valence-electron chi connectivity index (χ1n) is 9.71. The summed E-state index contributed by atoms with van der Waals surface area (Å²) in [5.74, 6) is 0.946. The smallest absolute Gasteiger partial charge is 0.238 e. The van der Waals surface area contributed by atoms with E-state index in [1.165, 1.54) is 51.4 Å². The molecular formula is C21H30FN3. The van der Waals surface area contributed by atoms with Crippen molar-refractivity contribution in [2.45, 2.75) is 71.3 Å². The van der Waals surface area contributed by atoms with Crippen molar-refractivity contribution in [1.29, 1.82) is 0 Å². The Morgan fingerprint density at radius 2 is 1.72 bits per heavy atom. The summed E-state index contributed by atoms with van der Waals surface area (Å²) in [5.41, 5.74) is 2.42. The highest BCUT2D eigenvalue weighted by Crippen LogP contribution is 2.26. The van der Waals surface area contributed by atoms with E-state index in [0.717, 1.165) is 17.2 Å². The van der Waals surface area contributed by atoms with Crippen LogP contribution in [0.2, 0.25) is 0 Å². The van der Waals surface area contributed by atoms with E-state index in [9.17, 15) is 4.39 Å². The van der Waals surface area contributed by atoms with E-state index in [0.29, 0.717) is 17.6 Å². The first-order chi connectivity index (χ1) is 12.1. The van der Waals surface area contributed by atoms with Crippen LogP contribution in [0.25, 0.3) is 11.3 Å². The summed E-state index contributed by atoms with van der Waals surface area (Å²) < 4.78 is 13.8. The lowest BCUT2D eigenvalue weighted by atomic mass is 9.90. The number of nitrogens with zero attached hydrogens (tertiary/aromatic N) is 1. The number of nitrogens with one attached hydrogen (secondary N) is 2. The van der Waals surface area contributed by atoms with E-state index in [2.05, 4.69) is 34.3 Å². The van der Waals surface area contributed by atoms with Gasteiger partial charge in [0, 0.05) is 17.3 Å². The van der Waals surface area contributed by atoms with Crippen molar-refractivity contribution in [2.75, 3.05) is 5.32 Å². The second-order valence-corrected chi connectivity index (χ2v) is 7.59. The Morgan fingerprint density at radius 1 is 1.04 bits per heavy atom. The molecule has 3 rings (SSSR count). The number of benzene rings is 1. The van der Waals surface area contributed by atoms with Gasteiger partial charge in [0.05, 0.1) is 0 Å². The summed E-state index contributed by atoms with van der Waals surface area (Å²) in [4.78, 5) is 6.80. The van der Waals surface area contributed by atoms with Crippen LogP contribution in [0, 0.1) is 18.8 Å². The van der Waals surface area contributed by atoms with Gasteiger partial charge in [-0.3, -0.25) is 0 Å². The van der Waals surface area contributed by atoms with Gasteiger partial charge in [-0.2, -0.15) is 4.39 Å². The van der Waals surface area contributed by atoms with Gasteiger partial charge in [-0.05, 0) is 37.8 Å². The third-order valence-electron chi connectivity index (χ3n) is 5.26. The minimum absolute atomic E-state index is 0.431. The molecule has 0 aliphatic heterocycles. The number of aromatic nitrogens is 2. The van der Waals surface area contributed by atoms with E-state index in [1.807, 2.05) is 12.1 Å². The van der Waals surface area contributed by atoms with Gasteiger partial charge in [-0.1, -0.05) is 57.6 Å². The van der Waals surface area contributed by atoms with Crippen LogP contribution >= 0.6 is 0 Å². The van der Waals surface area contributed by atoms with Crippen LogP contribution in [0.4, 0.5) is 10.1 Å². The number of hydrogen-bond acceptors (Lipinski definition) is 2. The van der Waals surface area contributed by atoms with Crippen molar-refractivity contribution in [3.05, 3.63) is 36.0 Å². The maximum atomic E-state index is 13.8. The lowest BCUT2D eigenvalue weighted by Crippen LogP contribution is -2.22. The van der Waals surface area contributed by atoms with Crippen LogP contribution < -0.4 is 5.32 Å². The molecule has 0 radical (unpaired) electrons. The summed E-state index contributed by atoms with van der Waals surface area (Å²) in [6, 6.07) is 8.55. The van der Waals surface area contributed by atoms with Gasteiger partial charge in [0.15, 0.2) is 0 Å². The zero-order chi connectivity index (χ0) is 17.6. The van der Waals surface area contributed by atoms with Crippen molar-refractivity contribution < 1.29 is 4.39 Å². The fourth-order valence-corrected chi connectivity index (χ4v) is 3.89. The molecule has 25 heavy (non-hydrogen) atoms. The summed E-state index contributed by atoms with van der Waals surface area (Å²) in [6.07, 6.45) is 10.6. The Labute approximate surface area is 150 Å². The first-order valence-corrected chi connectivity index (χ1v) is 9.71. The fourth-order valence-electron chi connectivity index (χ4n) is 3.89. The standard InChI is InChI=1S/C21H30FN3/c1-15-8-6-4-3-5-7-9-19(14-15)25-18-12-10-17(11-13-18)20-21(22)24-16(2)23-20/h10-13,15,19,25H,3-9,14H2,1-2H3,(H,23,24). The molecular weight excluding hydrogens is 313 g/mol. The molecule has 0 saturated heterocycles. The molecule has 136 valence electrons. The Hall–Kier alpha value is -1.84. The maximum absolute atomic E-state index is 13.8. The highest BCUT2D eigenvalue weighted by molar-refractivity contribution is 5.62. The van der Waals surface area contributed by atoms with Crippen molar-refractivity contribution in [2.24, 2.45) is 5.92 Å². The minimum Gasteiger partial charge on any atom is -0.382 e. The number of H-pyrrole nitrogens is 1. The third-order valence-corrected chi connectivity index (χ3v) is 5.26. The van der Waals surface area contributed by atoms with Crippen LogP contribution in [-0.4, -0.2) is 16.0 Å². The predicted octanol–water partition coefficient (Wildman–Crippen LogP) is 6.08. The number of anilines is 1. The monoisotopic (exact) mass is 343 g/mol. The molecule has 1 saturated carbocycles. The molecule has 3 nitrogen and oxygen atoms in total. The average molecular weight is 343 g/mol. The number of halogens is 1. The first kappa shape index (κ1) is 18.0. The Balaban J connectivity index is 1.65. The molecule has 2 unspecified atom stereocenters. The topological polar surface area (TPSA) is 40.7 Å². The van der Waals surface area contributed by atoms with Gasteiger partial charge < -0.3 is 10.3 Å². The molecule has 1 aromatic carbocycles. The second-order valence-electron chi connectivity index (χ2n) is 7.59. The number of aromatic amines is 1. The lowest BCUT2D eigenvalue weighted by molar-refractivity contribution is 0.393. The summed E-state index contributed by atoms with van der Waals surface area (Å²) in [7, 11) is 0. The maximum Gasteiger partial charge on any atom is 0.238 e. The summed E-state index contributed by atoms with van der Waals surface area (Å²) in [6.45, 7) is 4.14. The molecule has 1 heterocycles. The largest absolute Gasteiger partial charge is 0.382 e. The highest BCUT2D eigenvalue weighted by Gasteiger charge is 2.15. The van der Waals surface area contributed by atoms with Crippen molar-refractivity contribution in [1.82, 2.24) is 9.97 Å². The van der Waals surface area contributed by atoms with Crippen molar-refractivity contribution in [3.63, 3.8) is 0 Å². The van der Waals surface area contributed by atoms with Crippen LogP contribution in [0.1, 0.15) is 64.1 Å². The number of aryl methyl sites for hydroxylation is 1. The minimum atomic E-state index is -0.431. The number of hydrogen-bond donors (Lipinski definition) is 2. The van der Waals surface area contributed by atoms with E-state index < -0.39 is 5.95 Å². The molecule has 1 aliphatic rings. The normalized spacial score (nSPS) is 22.5. The van der Waals surface area contributed by atoms with Crippen LogP contribution in [0.15, 0.2) is 24.3 Å². The van der Waals surface area contributed by atoms with E-state index in [4.69, 9.17) is 0 Å². The second kappa shape index (κ2) is 8.50. The number of imidazole rings is 1. The van der Waals surface area contributed by atoms with Gasteiger partial charge in [-0.15, -0.1) is 0 Å². The van der Waals surface area contributed by atoms with Crippen LogP contribution in [0.3, 0.4) is 0 Å². The van der Waals surface area contributed by atoms with Crippen LogP contribution in [0.5, 0.6) is 0 Å². The van der Waals surface area contributed by atoms with Crippen LogP contribution in [-0.2, 0) is 0 Å². The summed E-state index contributed by atoms with van der Waals surface area (Å²) >= 11 is 0. The molecule has 2 N–H and O–H groups in total. The molecule has 1 fully saturated rings. The van der Waals surface area contributed by atoms with E-state index >= 15 is 0 Å². The zero-order valence-corrected chi connectivity index (χ0v) is 15.4. The molecule has 0 spiro atoms. The zero-order valence-electron chi connectivity index (χ0n) is 15.4. The van der Waals surface area contributed by atoms with Crippen molar-refractivity contribution >= 4 is 5.69 Å². The molecule has 1 aromatic heterocycles. The molecule has 0 bridgehead atoms. The molecule has 2 atom stereocenters. The van der Waals surface area contributed by atoms with E-state index in [1.54, 1.807) is 6.92 Å². The Kier molecular flexibility index (Phi) is 6.11. The quantitative estimate of drug-likeness (QED) is 0.709. The highest BCUT2D eigenvalue weighted by atomic mass is 19.1. The van der Waals surface area contributed by atoms with Gasteiger partial charge in [0.1, 0.15) is 11.5 Å². The Bertz CT molecular complexity index is 662. The predicted molar refractivity (Wildman–Crippen MR) is 102 cm³/mol. The molecule has 4 heteroatoms. The third kappa shape index (κ3) is 5.07. The average Bonchev–Trinajstić information content (AvgIpc) is 2.93. The summed E-state index contributed by atoms with van der Waals surface area (Å²) in [5, 5.41) is 3.71. The van der Waals surface area contributed by atoms with Crippen molar-refractivity contribution in [3.8, 4) is 11.3 Å². The molecule has 2 aromatic rings. The molecule has 0 amide bonds. The van der Waals surface area contributed by atoms with Gasteiger partial charge >= 0.3 is 0 Å². The molecule has 1 aliphatic carbocycles. The fraction of sp³-hybridized carbons (Fsp3) is 0.571. The Morgan fingerprint density at radius 3 is 2.40 bits per heavy atom. The van der Waals surface area contributed by atoms with Gasteiger partial charge in [-0.25, -0.2) is 4.98 Å². The number of rotatable bonds is 3. The van der Waals surface area contributed by atoms with Gasteiger partial charge in [0.25, 0.3) is 0 Å².